The van der Waals surface area contributed by atoms with E-state index in [1.54, 1.807) is 43.0 Å². The SMILES string of the molecule is COc1ncnc(C2CC2)c1-c1ncnc(N(CC(=N)/C=C\C(N)=O)Cc2ccc(-c3nc(C(F)(F)F)cn3C(C)C)cc2)n1. The van der Waals surface area contributed by atoms with E-state index in [9.17, 15) is 18.0 Å². The van der Waals surface area contributed by atoms with Crippen molar-refractivity contribution < 1.29 is 22.7 Å². The molecule has 15 heteroatoms. The Morgan fingerprint density at radius 1 is 1.11 bits per heavy atom. The summed E-state index contributed by atoms with van der Waals surface area (Å²) in [5.74, 6) is 0.626. The molecule has 1 saturated carbocycles. The van der Waals surface area contributed by atoms with E-state index in [-0.39, 0.29) is 42.5 Å². The molecule has 234 valence electrons. The van der Waals surface area contributed by atoms with Crippen LogP contribution in [0.1, 0.15) is 55.6 Å². The molecule has 5 rings (SSSR count). The summed E-state index contributed by atoms with van der Waals surface area (Å²) in [6.07, 6.45) is 3.58. The fraction of sp³-hybridized carbons (Fsp3) is 0.333. The zero-order valence-electron chi connectivity index (χ0n) is 24.8. The molecule has 1 amide bonds. The minimum absolute atomic E-state index is 0.000407. The van der Waals surface area contributed by atoms with E-state index in [0.717, 1.165) is 36.4 Å². The number of primary amides is 1. The van der Waals surface area contributed by atoms with Crippen molar-refractivity contribution in [1.29, 1.82) is 5.41 Å². The number of amides is 1. The lowest BCUT2D eigenvalue weighted by atomic mass is 10.1. The van der Waals surface area contributed by atoms with Gasteiger partial charge in [-0.1, -0.05) is 24.3 Å². The van der Waals surface area contributed by atoms with Gasteiger partial charge in [0.25, 0.3) is 0 Å². The van der Waals surface area contributed by atoms with Gasteiger partial charge in [-0.15, -0.1) is 0 Å². The number of carbonyl (C=O) groups is 1. The highest BCUT2D eigenvalue weighted by molar-refractivity contribution is 6.00. The van der Waals surface area contributed by atoms with Crippen molar-refractivity contribution in [2.75, 3.05) is 18.6 Å². The molecular formula is C30H31F3N10O2. The topological polar surface area (TPSA) is 162 Å². The van der Waals surface area contributed by atoms with Crippen LogP contribution in [0, 0.1) is 5.41 Å². The summed E-state index contributed by atoms with van der Waals surface area (Å²) in [7, 11) is 1.50. The number of ether oxygens (including phenoxy) is 1. The Kier molecular flexibility index (Phi) is 8.88. The lowest BCUT2D eigenvalue weighted by molar-refractivity contribution is -0.140. The number of rotatable bonds is 12. The second-order valence-corrected chi connectivity index (χ2v) is 10.8. The summed E-state index contributed by atoms with van der Waals surface area (Å²) in [5.41, 5.74) is 6.94. The number of hydrogen-bond acceptors (Lipinski definition) is 10. The molecule has 3 aromatic heterocycles. The molecule has 12 nitrogen and oxygen atoms in total. The summed E-state index contributed by atoms with van der Waals surface area (Å²) in [5, 5.41) is 8.42. The number of nitrogens with one attached hydrogen (secondary N) is 1. The zero-order chi connectivity index (χ0) is 32.3. The summed E-state index contributed by atoms with van der Waals surface area (Å²) >= 11 is 0. The number of alkyl halides is 3. The van der Waals surface area contributed by atoms with Crippen LogP contribution in [0.15, 0.2) is 55.3 Å². The number of nitrogens with zero attached hydrogens (tertiary/aromatic N) is 8. The molecule has 3 heterocycles. The average molecular weight is 621 g/mol. The maximum Gasteiger partial charge on any atom is 0.434 e. The molecule has 1 aliphatic rings. The van der Waals surface area contributed by atoms with Gasteiger partial charge in [-0.2, -0.15) is 18.2 Å². The van der Waals surface area contributed by atoms with Crippen LogP contribution in [-0.2, 0) is 17.5 Å². The molecule has 1 fully saturated rings. The summed E-state index contributed by atoms with van der Waals surface area (Å²) in [4.78, 5) is 39.0. The molecule has 0 radical (unpaired) electrons. The molecule has 3 N–H and O–H groups in total. The third-order valence-corrected chi connectivity index (χ3v) is 7.04. The first-order chi connectivity index (χ1) is 21.4. The van der Waals surface area contributed by atoms with Gasteiger partial charge in [0, 0.05) is 36.3 Å². The number of aromatic nitrogens is 7. The minimum Gasteiger partial charge on any atom is -0.480 e. The number of imidazole rings is 1. The van der Waals surface area contributed by atoms with Crippen LogP contribution >= 0.6 is 0 Å². The van der Waals surface area contributed by atoms with E-state index >= 15 is 0 Å². The van der Waals surface area contributed by atoms with Crippen LogP contribution < -0.4 is 15.4 Å². The molecule has 0 atom stereocenters. The lowest BCUT2D eigenvalue weighted by Crippen LogP contribution is -2.30. The Bertz CT molecular complexity index is 1730. The summed E-state index contributed by atoms with van der Waals surface area (Å²) < 4.78 is 47.2. The van der Waals surface area contributed by atoms with E-state index in [1.807, 2.05) is 0 Å². The Morgan fingerprint density at radius 2 is 1.82 bits per heavy atom. The molecule has 0 saturated heterocycles. The lowest BCUT2D eigenvalue weighted by Gasteiger charge is -2.23. The Labute approximate surface area is 256 Å². The maximum atomic E-state index is 13.4. The van der Waals surface area contributed by atoms with Gasteiger partial charge in [-0.3, -0.25) is 4.79 Å². The first-order valence-corrected chi connectivity index (χ1v) is 14.1. The highest BCUT2D eigenvalue weighted by Crippen LogP contribution is 2.44. The number of halogens is 3. The van der Waals surface area contributed by atoms with Gasteiger partial charge in [0.2, 0.25) is 17.7 Å². The minimum atomic E-state index is -4.57. The number of carbonyl (C=O) groups excluding carboxylic acids is 1. The number of nitrogens with two attached hydrogens (primary N) is 1. The third kappa shape index (κ3) is 7.30. The van der Waals surface area contributed by atoms with Crippen LogP contribution in [0.5, 0.6) is 5.88 Å². The second-order valence-electron chi connectivity index (χ2n) is 10.8. The first-order valence-electron chi connectivity index (χ1n) is 14.1. The van der Waals surface area contributed by atoms with Crippen LogP contribution in [0.3, 0.4) is 0 Å². The molecule has 0 unspecified atom stereocenters. The molecule has 0 aliphatic heterocycles. The standard InChI is InChI=1S/C30H31F3N10O2/c1-17(2)43-14-22(30(31,32)33)40-27(43)20-6-4-18(5-7-20)12-42(13-21(34)10-11-23(35)44)29-39-16-37-26(41-29)24-25(19-8-9-19)36-15-38-28(24)45-3/h4-7,10-11,14-17,19,34H,8-9,12-13H2,1-3H3,(H2,35,44)/b11-10-,34-21?. The van der Waals surface area contributed by atoms with E-state index in [4.69, 9.17) is 20.9 Å². The monoisotopic (exact) mass is 620 g/mol. The van der Waals surface area contributed by atoms with Crippen LogP contribution in [0.4, 0.5) is 19.1 Å². The Hall–Kier alpha value is -5.21. The number of anilines is 1. The van der Waals surface area contributed by atoms with Gasteiger partial charge in [-0.05, 0) is 38.3 Å². The van der Waals surface area contributed by atoms with Gasteiger partial charge in [0.1, 0.15) is 24.0 Å². The Morgan fingerprint density at radius 3 is 2.44 bits per heavy atom. The Balaban J connectivity index is 1.48. The molecule has 1 aliphatic carbocycles. The van der Waals surface area contributed by atoms with Crippen molar-refractivity contribution in [3.63, 3.8) is 0 Å². The molecule has 4 aromatic rings. The van der Waals surface area contributed by atoms with E-state index in [0.29, 0.717) is 22.8 Å². The van der Waals surface area contributed by atoms with Crippen molar-refractivity contribution in [3.8, 4) is 28.7 Å². The van der Waals surface area contributed by atoms with Gasteiger partial charge in [0.05, 0.1) is 25.1 Å². The van der Waals surface area contributed by atoms with Crippen LogP contribution in [0.25, 0.3) is 22.8 Å². The third-order valence-electron chi connectivity index (χ3n) is 7.04. The van der Waals surface area contributed by atoms with Crippen molar-refractivity contribution in [2.24, 2.45) is 5.73 Å². The summed E-state index contributed by atoms with van der Waals surface area (Å²) in [6.45, 7) is 3.78. The predicted molar refractivity (Wildman–Crippen MR) is 160 cm³/mol. The molecule has 45 heavy (non-hydrogen) atoms. The molecular weight excluding hydrogens is 589 g/mol. The van der Waals surface area contributed by atoms with Crippen molar-refractivity contribution in [1.82, 2.24) is 34.5 Å². The van der Waals surface area contributed by atoms with Gasteiger partial charge >= 0.3 is 6.18 Å². The second kappa shape index (κ2) is 12.8. The van der Waals surface area contributed by atoms with E-state index in [2.05, 4.69) is 24.9 Å². The maximum absolute atomic E-state index is 13.4. The molecule has 0 spiro atoms. The highest BCUT2D eigenvalue weighted by Gasteiger charge is 2.35. The van der Waals surface area contributed by atoms with Crippen molar-refractivity contribution in [2.45, 2.75) is 51.4 Å². The fourth-order valence-corrected chi connectivity index (χ4v) is 4.73. The quantitative estimate of drug-likeness (QED) is 0.168. The normalized spacial score (nSPS) is 13.4. The van der Waals surface area contributed by atoms with Gasteiger partial charge in [-0.25, -0.2) is 24.9 Å². The predicted octanol–water partition coefficient (Wildman–Crippen LogP) is 4.75. The van der Waals surface area contributed by atoms with Gasteiger partial charge < -0.3 is 25.3 Å². The highest BCUT2D eigenvalue weighted by atomic mass is 19.4. The van der Waals surface area contributed by atoms with Crippen LogP contribution in [0.2, 0.25) is 0 Å². The van der Waals surface area contributed by atoms with Crippen molar-refractivity contribution in [3.05, 3.63) is 72.2 Å². The zero-order valence-corrected chi connectivity index (χ0v) is 24.8. The number of benzene rings is 1. The first kappa shape index (κ1) is 31.2. The van der Waals surface area contributed by atoms with E-state index < -0.39 is 17.8 Å². The van der Waals surface area contributed by atoms with Crippen LogP contribution in [-0.4, -0.2) is 59.7 Å². The summed E-state index contributed by atoms with van der Waals surface area (Å²) in [6, 6.07) is 6.67. The number of hydrogen-bond donors (Lipinski definition) is 2. The van der Waals surface area contributed by atoms with Gasteiger partial charge in [0.15, 0.2) is 11.5 Å². The molecule has 0 bridgehead atoms. The fourth-order valence-electron chi connectivity index (χ4n) is 4.73. The number of methoxy groups -OCH3 is 1. The average Bonchev–Trinajstić information content (AvgIpc) is 3.75. The largest absolute Gasteiger partial charge is 0.480 e. The smallest absolute Gasteiger partial charge is 0.434 e. The van der Waals surface area contributed by atoms with E-state index in [1.165, 1.54) is 30.4 Å². The van der Waals surface area contributed by atoms with Crippen molar-refractivity contribution >= 4 is 17.6 Å². The molecule has 1 aromatic carbocycles.